The van der Waals surface area contributed by atoms with Crippen LogP contribution in [-0.4, -0.2) is 11.1 Å². The van der Waals surface area contributed by atoms with E-state index in [-0.39, 0.29) is 4.47 Å². The summed E-state index contributed by atoms with van der Waals surface area (Å²) in [7, 11) is 0. The molecule has 0 aromatic carbocycles. The molecule has 0 radical (unpaired) electrons. The maximum atomic E-state index is 12.3. The normalized spacial score (nSPS) is 11.2. The molecule has 82 valence electrons. The maximum Gasteiger partial charge on any atom is 0.417 e. The average Bonchev–Trinajstić information content (AvgIpc) is 2.05. The number of alkyl halides is 3. The quantitative estimate of drug-likeness (QED) is 0.861. The molecule has 15 heavy (non-hydrogen) atoms. The lowest BCUT2D eigenvalue weighted by Crippen LogP contribution is -2.17. The lowest BCUT2D eigenvalue weighted by molar-refractivity contribution is -0.138. The van der Waals surface area contributed by atoms with Crippen molar-refractivity contribution in [2.75, 3.05) is 0 Å². The van der Waals surface area contributed by atoms with E-state index in [4.69, 9.17) is 0 Å². The van der Waals surface area contributed by atoms with Crippen LogP contribution < -0.4 is 10.5 Å². The Balaban J connectivity index is 3.11. The number of halogens is 4. The van der Waals surface area contributed by atoms with E-state index in [0.717, 1.165) is 6.20 Å². The van der Waals surface area contributed by atoms with E-state index in [1.807, 2.05) is 0 Å². The van der Waals surface area contributed by atoms with Crippen LogP contribution in [0.4, 0.5) is 18.0 Å². The van der Waals surface area contributed by atoms with Gasteiger partial charge < -0.3 is 10.5 Å². The molecule has 0 bridgehead atoms. The van der Waals surface area contributed by atoms with Gasteiger partial charge in [-0.2, -0.15) is 13.2 Å². The molecule has 0 saturated carbocycles. The molecule has 2 N–H and O–H groups in total. The monoisotopic (exact) mass is 284 g/mol. The minimum absolute atomic E-state index is 0.244. The van der Waals surface area contributed by atoms with Crippen LogP contribution >= 0.6 is 15.9 Å². The first-order valence-corrected chi connectivity index (χ1v) is 4.30. The summed E-state index contributed by atoms with van der Waals surface area (Å²) in [5.41, 5.74) is 3.64. The van der Waals surface area contributed by atoms with E-state index >= 15 is 0 Å². The van der Waals surface area contributed by atoms with Crippen molar-refractivity contribution in [2.24, 2.45) is 5.73 Å². The van der Waals surface area contributed by atoms with Crippen LogP contribution in [0.25, 0.3) is 0 Å². The third-order valence-electron chi connectivity index (χ3n) is 1.34. The molecule has 1 rings (SSSR count). The predicted octanol–water partition coefficient (Wildman–Crippen LogP) is 2.32. The van der Waals surface area contributed by atoms with E-state index in [1.54, 1.807) is 0 Å². The van der Waals surface area contributed by atoms with Crippen molar-refractivity contribution in [2.45, 2.75) is 6.18 Å². The number of rotatable bonds is 1. The second-order valence-electron chi connectivity index (χ2n) is 2.42. The number of amides is 1. The fourth-order valence-electron chi connectivity index (χ4n) is 0.796. The Morgan fingerprint density at radius 3 is 2.60 bits per heavy atom. The number of carbonyl (C=O) groups excluding carboxylic acids is 1. The number of nitrogens with zero attached hydrogens (tertiary/aromatic N) is 1. The fraction of sp³-hybridized carbons (Fsp3) is 0.143. The number of primary amides is 1. The summed E-state index contributed by atoms with van der Waals surface area (Å²) in [6.07, 6.45) is -4.91. The first-order valence-electron chi connectivity index (χ1n) is 3.50. The number of ether oxygens (including phenoxy) is 1. The molecule has 0 saturated heterocycles. The standard InChI is InChI=1S/C7H4BrF3N2O2/c8-4-2-13-5(15-6(12)14)1-3(4)7(9,10)11/h1-2H,(H2,12,14). The molecule has 1 aromatic heterocycles. The van der Waals surface area contributed by atoms with Crippen molar-refractivity contribution in [3.63, 3.8) is 0 Å². The molecule has 0 unspecified atom stereocenters. The van der Waals surface area contributed by atoms with Gasteiger partial charge in [0.2, 0.25) is 5.88 Å². The summed E-state index contributed by atoms with van der Waals surface area (Å²) < 4.78 is 41.0. The molecule has 0 fully saturated rings. The van der Waals surface area contributed by atoms with Gasteiger partial charge in [-0.05, 0) is 15.9 Å². The van der Waals surface area contributed by atoms with Crippen molar-refractivity contribution in [3.05, 3.63) is 22.3 Å². The predicted molar refractivity (Wildman–Crippen MR) is 47.2 cm³/mol. The van der Waals surface area contributed by atoms with Crippen molar-refractivity contribution < 1.29 is 22.7 Å². The molecule has 1 amide bonds. The molecule has 0 spiro atoms. The summed E-state index contributed by atoms with van der Waals surface area (Å²) in [4.78, 5) is 13.7. The molecule has 4 nitrogen and oxygen atoms in total. The minimum atomic E-state index is -4.56. The van der Waals surface area contributed by atoms with Crippen LogP contribution in [0, 0.1) is 0 Å². The second kappa shape index (κ2) is 4.05. The number of nitrogens with two attached hydrogens (primary N) is 1. The van der Waals surface area contributed by atoms with Crippen LogP contribution in [0.15, 0.2) is 16.7 Å². The van der Waals surface area contributed by atoms with Crippen LogP contribution in [0.5, 0.6) is 5.88 Å². The molecular formula is C7H4BrF3N2O2. The average molecular weight is 285 g/mol. The van der Waals surface area contributed by atoms with Crippen molar-refractivity contribution in [1.29, 1.82) is 0 Å². The van der Waals surface area contributed by atoms with Crippen molar-refractivity contribution in [1.82, 2.24) is 4.98 Å². The molecule has 0 aliphatic rings. The third-order valence-corrected chi connectivity index (χ3v) is 1.97. The van der Waals surface area contributed by atoms with Gasteiger partial charge in [0.15, 0.2) is 0 Å². The zero-order chi connectivity index (χ0) is 11.6. The van der Waals surface area contributed by atoms with Gasteiger partial charge in [-0.3, -0.25) is 0 Å². The molecular weight excluding hydrogens is 281 g/mol. The van der Waals surface area contributed by atoms with E-state index in [0.29, 0.717) is 6.07 Å². The number of pyridine rings is 1. The van der Waals surface area contributed by atoms with Gasteiger partial charge in [-0.1, -0.05) is 0 Å². The lowest BCUT2D eigenvalue weighted by atomic mass is 10.2. The molecule has 8 heteroatoms. The largest absolute Gasteiger partial charge is 0.417 e. The first-order chi connectivity index (χ1) is 6.80. The van der Waals surface area contributed by atoms with E-state index in [1.165, 1.54) is 0 Å². The maximum absolute atomic E-state index is 12.3. The number of carbonyl (C=O) groups is 1. The number of hydrogen-bond acceptors (Lipinski definition) is 3. The molecule has 0 aliphatic heterocycles. The highest BCUT2D eigenvalue weighted by Gasteiger charge is 2.33. The highest BCUT2D eigenvalue weighted by atomic mass is 79.9. The summed E-state index contributed by atoms with van der Waals surface area (Å²) in [5.74, 6) is -0.502. The highest BCUT2D eigenvalue weighted by Crippen LogP contribution is 2.35. The van der Waals surface area contributed by atoms with Crippen LogP contribution in [-0.2, 0) is 6.18 Å². The first kappa shape index (κ1) is 11.8. The number of aromatic nitrogens is 1. The van der Waals surface area contributed by atoms with Gasteiger partial charge in [0.05, 0.1) is 5.56 Å². The summed E-state index contributed by atoms with van der Waals surface area (Å²) in [6, 6.07) is 0.578. The number of hydrogen-bond donors (Lipinski definition) is 1. The Morgan fingerprint density at radius 2 is 2.13 bits per heavy atom. The zero-order valence-electron chi connectivity index (χ0n) is 7.01. The molecule has 1 aromatic rings. The summed E-state index contributed by atoms with van der Waals surface area (Å²) in [5, 5.41) is 0. The van der Waals surface area contributed by atoms with Crippen LogP contribution in [0.1, 0.15) is 5.56 Å². The van der Waals surface area contributed by atoms with Gasteiger partial charge in [0.1, 0.15) is 0 Å². The van der Waals surface area contributed by atoms with Crippen molar-refractivity contribution >= 4 is 22.0 Å². The van der Waals surface area contributed by atoms with E-state index in [9.17, 15) is 18.0 Å². The zero-order valence-corrected chi connectivity index (χ0v) is 8.59. The fourth-order valence-corrected chi connectivity index (χ4v) is 1.24. The lowest BCUT2D eigenvalue weighted by Gasteiger charge is -2.09. The molecule has 1 heterocycles. The van der Waals surface area contributed by atoms with Gasteiger partial charge in [0, 0.05) is 16.7 Å². The smallest absolute Gasteiger partial charge is 0.391 e. The Labute approximate surface area is 90.4 Å². The highest BCUT2D eigenvalue weighted by molar-refractivity contribution is 9.10. The van der Waals surface area contributed by atoms with E-state index in [2.05, 4.69) is 31.4 Å². The second-order valence-corrected chi connectivity index (χ2v) is 3.28. The van der Waals surface area contributed by atoms with E-state index < -0.39 is 23.7 Å². The third kappa shape index (κ3) is 3.08. The van der Waals surface area contributed by atoms with Crippen LogP contribution in [0.3, 0.4) is 0 Å². The minimum Gasteiger partial charge on any atom is -0.391 e. The Hall–Kier alpha value is -1.31. The SMILES string of the molecule is NC(=O)Oc1cc(C(F)(F)F)c(Br)cn1. The van der Waals surface area contributed by atoms with Gasteiger partial charge in [-0.25, -0.2) is 9.78 Å². The van der Waals surface area contributed by atoms with Gasteiger partial charge in [-0.15, -0.1) is 0 Å². The Morgan fingerprint density at radius 1 is 1.53 bits per heavy atom. The van der Waals surface area contributed by atoms with Gasteiger partial charge in [0.25, 0.3) is 0 Å². The molecule has 0 aliphatic carbocycles. The summed E-state index contributed by atoms with van der Waals surface area (Å²) >= 11 is 2.68. The summed E-state index contributed by atoms with van der Waals surface area (Å²) in [6.45, 7) is 0. The Kier molecular flexibility index (Phi) is 3.18. The van der Waals surface area contributed by atoms with Gasteiger partial charge >= 0.3 is 12.3 Å². The topological polar surface area (TPSA) is 65.2 Å². The van der Waals surface area contributed by atoms with Crippen molar-refractivity contribution in [3.8, 4) is 5.88 Å². The Bertz CT molecular complexity index is 394. The molecule has 0 atom stereocenters. The van der Waals surface area contributed by atoms with Crippen LogP contribution in [0.2, 0.25) is 0 Å².